The second-order valence-corrected chi connectivity index (χ2v) is 11.1. The van der Waals surface area contributed by atoms with Crippen LogP contribution in [0.3, 0.4) is 0 Å². The number of anilines is 2. The van der Waals surface area contributed by atoms with E-state index < -0.39 is 17.8 Å². The average Bonchev–Trinajstić information content (AvgIpc) is 2.85. The molecule has 0 saturated heterocycles. The van der Waals surface area contributed by atoms with Crippen LogP contribution in [0.5, 0.6) is 0 Å². The van der Waals surface area contributed by atoms with Gasteiger partial charge in [0.25, 0.3) is 0 Å². The molecule has 6 nitrogen and oxygen atoms in total. The minimum absolute atomic E-state index is 0.0725. The lowest BCUT2D eigenvalue weighted by molar-refractivity contribution is -0.138. The van der Waals surface area contributed by atoms with Gasteiger partial charge in [0, 0.05) is 47.0 Å². The van der Waals surface area contributed by atoms with Gasteiger partial charge >= 0.3 is 12.2 Å². The molecule has 2 N–H and O–H groups in total. The first-order valence-electron chi connectivity index (χ1n) is 13.2. The molecule has 0 unspecified atom stereocenters. The normalized spacial score (nSPS) is 12.3. The number of hydrogen-bond acceptors (Lipinski definition) is 4. The zero-order valence-corrected chi connectivity index (χ0v) is 24.2. The van der Waals surface area contributed by atoms with Crippen LogP contribution in [-0.2, 0) is 18.0 Å². The number of aliphatic imine (C=N–C) groups is 1. The van der Waals surface area contributed by atoms with E-state index in [1.165, 1.54) is 12.1 Å². The van der Waals surface area contributed by atoms with Crippen molar-refractivity contribution in [1.29, 1.82) is 0 Å². The number of amides is 2. The summed E-state index contributed by atoms with van der Waals surface area (Å²) < 4.78 is 41.2. The molecule has 1 heterocycles. The van der Waals surface area contributed by atoms with Crippen molar-refractivity contribution in [2.24, 2.45) is 4.99 Å². The number of pyridine rings is 1. The molecule has 0 spiro atoms. The van der Waals surface area contributed by atoms with Crippen molar-refractivity contribution < 1.29 is 18.0 Å². The van der Waals surface area contributed by atoms with E-state index in [0.717, 1.165) is 34.1 Å². The van der Waals surface area contributed by atoms with Crippen LogP contribution in [0.25, 0.3) is 11.1 Å². The van der Waals surface area contributed by atoms with E-state index in [-0.39, 0.29) is 16.7 Å². The summed E-state index contributed by atoms with van der Waals surface area (Å²) in [5.74, 6) is 0. The zero-order chi connectivity index (χ0) is 29.7. The van der Waals surface area contributed by atoms with Gasteiger partial charge in [-0.15, -0.1) is 0 Å². The lowest BCUT2D eigenvalue weighted by Gasteiger charge is -2.21. The van der Waals surface area contributed by atoms with Crippen molar-refractivity contribution in [3.05, 3.63) is 76.6 Å². The van der Waals surface area contributed by atoms with Crippen LogP contribution in [0.15, 0.2) is 53.5 Å². The Bertz CT molecular complexity index is 1360. The predicted octanol–water partition coefficient (Wildman–Crippen LogP) is 7.56. The highest BCUT2D eigenvalue weighted by atomic mass is 19.4. The van der Waals surface area contributed by atoms with Crippen molar-refractivity contribution in [1.82, 2.24) is 9.88 Å². The smallest absolute Gasteiger partial charge is 0.309 e. The molecule has 3 aromatic rings. The summed E-state index contributed by atoms with van der Waals surface area (Å²) in [6.07, 6.45) is -1.84. The summed E-state index contributed by atoms with van der Waals surface area (Å²) >= 11 is 0. The molecule has 40 heavy (non-hydrogen) atoms. The van der Waals surface area contributed by atoms with Gasteiger partial charge in [-0.1, -0.05) is 39.0 Å². The summed E-state index contributed by atoms with van der Waals surface area (Å²) in [4.78, 5) is 23.5. The van der Waals surface area contributed by atoms with Crippen molar-refractivity contribution in [3.8, 4) is 11.1 Å². The largest absolute Gasteiger partial charge is 0.416 e. The van der Waals surface area contributed by atoms with Gasteiger partial charge < -0.3 is 15.5 Å². The molecule has 0 fully saturated rings. The molecule has 1 aromatic heterocycles. The number of nitrogens with one attached hydrogen (secondary N) is 2. The van der Waals surface area contributed by atoms with Crippen molar-refractivity contribution in [2.75, 3.05) is 38.3 Å². The number of rotatable bonds is 8. The standard InChI is InChI=1S/C31H38F3N5O/c1-20-26(19-35-5)25(18-28(36-20)30(2,3)4)21-10-13-23(14-11-21)37-29(40)38-24-15-12-22(9-8-16-39(6)7)27(17-24)31(32,33)34/h10-15,17-19H,8-9,16H2,1-7H3,(H2,37,38,40). The van der Waals surface area contributed by atoms with Gasteiger partial charge in [0.15, 0.2) is 0 Å². The third-order valence-corrected chi connectivity index (χ3v) is 6.45. The summed E-state index contributed by atoms with van der Waals surface area (Å²) in [7, 11) is 5.47. The monoisotopic (exact) mass is 553 g/mol. The summed E-state index contributed by atoms with van der Waals surface area (Å²) in [6.45, 7) is 8.96. The number of nitrogens with zero attached hydrogens (tertiary/aromatic N) is 3. The third-order valence-electron chi connectivity index (χ3n) is 6.45. The maximum Gasteiger partial charge on any atom is 0.416 e. The fourth-order valence-corrected chi connectivity index (χ4v) is 4.35. The maximum absolute atomic E-state index is 13.7. The Morgan fingerprint density at radius 3 is 2.20 bits per heavy atom. The Kier molecular flexibility index (Phi) is 9.73. The average molecular weight is 554 g/mol. The molecule has 0 atom stereocenters. The van der Waals surface area contributed by atoms with Crippen LogP contribution in [0.1, 0.15) is 55.3 Å². The van der Waals surface area contributed by atoms with Gasteiger partial charge in [-0.2, -0.15) is 13.2 Å². The number of aryl methyl sites for hydroxylation is 2. The molecule has 0 bridgehead atoms. The molecular formula is C31H38F3N5O. The molecule has 2 amide bonds. The Morgan fingerprint density at radius 2 is 1.62 bits per heavy atom. The minimum Gasteiger partial charge on any atom is -0.309 e. The van der Waals surface area contributed by atoms with Crippen LogP contribution >= 0.6 is 0 Å². The van der Waals surface area contributed by atoms with Gasteiger partial charge in [-0.3, -0.25) is 9.98 Å². The van der Waals surface area contributed by atoms with Crippen molar-refractivity contribution in [3.63, 3.8) is 0 Å². The molecule has 0 aliphatic heterocycles. The van der Waals surface area contributed by atoms with Crippen molar-refractivity contribution in [2.45, 2.75) is 52.1 Å². The molecule has 0 radical (unpaired) electrons. The number of halogens is 3. The van der Waals surface area contributed by atoms with Gasteiger partial charge in [0.1, 0.15) is 0 Å². The predicted molar refractivity (Wildman–Crippen MR) is 158 cm³/mol. The SMILES string of the molecule is CN=Cc1c(-c2ccc(NC(=O)Nc3ccc(CCCN(C)C)c(C(F)(F)F)c3)cc2)cc(C(C)(C)C)nc1C. The number of carbonyl (C=O) groups excluding carboxylic acids is 1. The van der Waals surface area contributed by atoms with E-state index in [9.17, 15) is 18.0 Å². The number of urea groups is 1. The molecule has 2 aromatic carbocycles. The fourth-order valence-electron chi connectivity index (χ4n) is 4.35. The van der Waals surface area contributed by atoms with Crippen LogP contribution in [0, 0.1) is 6.92 Å². The third kappa shape index (κ3) is 8.14. The fraction of sp³-hybridized carbons (Fsp3) is 0.387. The molecule has 9 heteroatoms. The number of alkyl halides is 3. The van der Waals surface area contributed by atoms with Gasteiger partial charge in [0.2, 0.25) is 0 Å². The second-order valence-electron chi connectivity index (χ2n) is 11.1. The van der Waals surface area contributed by atoms with E-state index >= 15 is 0 Å². The first-order chi connectivity index (χ1) is 18.7. The van der Waals surface area contributed by atoms with E-state index in [1.54, 1.807) is 25.4 Å². The molecule has 3 rings (SSSR count). The van der Waals surface area contributed by atoms with Crippen LogP contribution in [0.4, 0.5) is 29.3 Å². The molecule has 0 aliphatic rings. The molecular weight excluding hydrogens is 515 g/mol. The molecule has 214 valence electrons. The summed E-state index contributed by atoms with van der Waals surface area (Å²) in [5.41, 5.74) is 4.56. The van der Waals surface area contributed by atoms with Crippen molar-refractivity contribution >= 4 is 23.6 Å². The zero-order valence-electron chi connectivity index (χ0n) is 24.2. The van der Waals surface area contributed by atoms with Crippen LogP contribution < -0.4 is 10.6 Å². The lowest BCUT2D eigenvalue weighted by Crippen LogP contribution is -2.20. The first-order valence-corrected chi connectivity index (χ1v) is 13.2. The van der Waals surface area contributed by atoms with E-state index in [1.807, 2.05) is 38.1 Å². The highest BCUT2D eigenvalue weighted by molar-refractivity contribution is 6.00. The number of aromatic nitrogens is 1. The maximum atomic E-state index is 13.7. The van der Waals surface area contributed by atoms with Gasteiger partial charge in [-0.25, -0.2) is 4.79 Å². The van der Waals surface area contributed by atoms with Crippen LogP contribution in [-0.4, -0.2) is 49.8 Å². The Hall–Kier alpha value is -3.72. The lowest BCUT2D eigenvalue weighted by atomic mass is 9.88. The van der Waals surface area contributed by atoms with E-state index in [2.05, 4.69) is 42.5 Å². The van der Waals surface area contributed by atoms with Crippen LogP contribution in [0.2, 0.25) is 0 Å². The number of benzene rings is 2. The highest BCUT2D eigenvalue weighted by Crippen LogP contribution is 2.35. The Morgan fingerprint density at radius 1 is 1.00 bits per heavy atom. The van der Waals surface area contributed by atoms with Gasteiger partial charge in [-0.05, 0) is 87.4 Å². The van der Waals surface area contributed by atoms with E-state index in [4.69, 9.17) is 4.98 Å². The Labute approximate surface area is 234 Å². The van der Waals surface area contributed by atoms with Gasteiger partial charge in [0.05, 0.1) is 5.56 Å². The number of carbonyl (C=O) groups is 1. The minimum atomic E-state index is -4.52. The number of hydrogen-bond donors (Lipinski definition) is 2. The first kappa shape index (κ1) is 30.8. The van der Waals surface area contributed by atoms with E-state index in [0.29, 0.717) is 25.1 Å². The summed E-state index contributed by atoms with van der Waals surface area (Å²) in [6, 6.07) is 12.6. The quantitative estimate of drug-likeness (QED) is 0.283. The summed E-state index contributed by atoms with van der Waals surface area (Å²) in [5, 5.41) is 5.22. The highest BCUT2D eigenvalue weighted by Gasteiger charge is 2.33. The topological polar surface area (TPSA) is 69.6 Å². The second kappa shape index (κ2) is 12.6. The molecule has 0 saturated carbocycles. The molecule has 0 aliphatic carbocycles. The Balaban J connectivity index is 1.78.